The zero-order chi connectivity index (χ0) is 13.9. The number of amides is 1. The van der Waals surface area contributed by atoms with E-state index < -0.39 is 0 Å². The molecular formula is C15H23NO3. The van der Waals surface area contributed by atoms with E-state index >= 15 is 0 Å². The van der Waals surface area contributed by atoms with Crippen LogP contribution in [0.5, 0.6) is 5.75 Å². The number of hydrogen-bond acceptors (Lipinski definition) is 3. The van der Waals surface area contributed by atoms with Gasteiger partial charge in [0.15, 0.2) is 0 Å². The first kappa shape index (κ1) is 15.5. The van der Waals surface area contributed by atoms with E-state index in [-0.39, 0.29) is 18.3 Å². The fourth-order valence-corrected chi connectivity index (χ4v) is 1.88. The minimum atomic E-state index is 0.0189. The number of unbranched alkanes of at least 4 members (excludes halogenated alkanes) is 3. The van der Waals surface area contributed by atoms with Gasteiger partial charge in [-0.3, -0.25) is 4.79 Å². The van der Waals surface area contributed by atoms with Crippen LogP contribution in [0.25, 0.3) is 0 Å². The van der Waals surface area contributed by atoms with Gasteiger partial charge in [0.25, 0.3) is 0 Å². The average Bonchev–Trinajstić information content (AvgIpc) is 2.42. The second kappa shape index (κ2) is 9.39. The first-order valence-corrected chi connectivity index (χ1v) is 6.88. The quantitative estimate of drug-likeness (QED) is 0.598. The molecule has 106 valence electrons. The van der Waals surface area contributed by atoms with Crippen LogP contribution in [-0.4, -0.2) is 29.3 Å². The summed E-state index contributed by atoms with van der Waals surface area (Å²) in [5.74, 6) is 0.268. The molecule has 0 saturated heterocycles. The second-order valence-electron chi connectivity index (χ2n) is 4.62. The molecule has 0 heterocycles. The molecule has 0 saturated carbocycles. The maximum Gasteiger partial charge on any atom is 0.220 e. The van der Waals surface area contributed by atoms with Crippen LogP contribution in [0.15, 0.2) is 24.3 Å². The largest absolute Gasteiger partial charge is 0.508 e. The number of carbonyl (C=O) groups is 1. The highest BCUT2D eigenvalue weighted by molar-refractivity contribution is 5.76. The van der Waals surface area contributed by atoms with E-state index in [4.69, 9.17) is 5.11 Å². The number of phenols is 1. The Hall–Kier alpha value is -1.55. The molecular weight excluding hydrogens is 242 g/mol. The maximum absolute atomic E-state index is 11.6. The lowest BCUT2D eigenvalue weighted by atomic mass is 10.1. The Morgan fingerprint density at radius 3 is 2.58 bits per heavy atom. The van der Waals surface area contributed by atoms with Crippen molar-refractivity contribution in [2.75, 3.05) is 13.2 Å². The summed E-state index contributed by atoms with van der Waals surface area (Å²) in [7, 11) is 0. The Bertz CT molecular complexity index is 379. The highest BCUT2D eigenvalue weighted by atomic mass is 16.3. The molecule has 1 amide bonds. The van der Waals surface area contributed by atoms with Gasteiger partial charge in [-0.1, -0.05) is 31.0 Å². The number of aryl methyl sites for hydroxylation is 1. The van der Waals surface area contributed by atoms with Crippen LogP contribution in [0.1, 0.15) is 37.7 Å². The summed E-state index contributed by atoms with van der Waals surface area (Å²) in [4.78, 5) is 11.6. The summed E-state index contributed by atoms with van der Waals surface area (Å²) < 4.78 is 0. The van der Waals surface area contributed by atoms with Crippen LogP contribution >= 0.6 is 0 Å². The van der Waals surface area contributed by atoms with Gasteiger partial charge < -0.3 is 15.5 Å². The Balaban J connectivity index is 2.10. The molecule has 1 rings (SSSR count). The smallest absolute Gasteiger partial charge is 0.220 e. The molecule has 0 aliphatic rings. The molecule has 0 radical (unpaired) electrons. The Labute approximate surface area is 114 Å². The lowest BCUT2D eigenvalue weighted by Crippen LogP contribution is -2.24. The molecule has 0 fully saturated rings. The Kier molecular flexibility index (Phi) is 7.66. The van der Waals surface area contributed by atoms with E-state index in [0.717, 1.165) is 31.2 Å². The van der Waals surface area contributed by atoms with Crippen molar-refractivity contribution < 1.29 is 15.0 Å². The monoisotopic (exact) mass is 265 g/mol. The third-order valence-electron chi connectivity index (χ3n) is 3.02. The van der Waals surface area contributed by atoms with E-state index in [9.17, 15) is 9.90 Å². The summed E-state index contributed by atoms with van der Waals surface area (Å²) in [6.45, 7) is 0.929. The molecule has 0 aliphatic carbocycles. The SMILES string of the molecule is O=C(CCc1ccccc1O)NCCCCCCO. The predicted octanol–water partition coefficient (Wildman–Crippen LogP) is 1.99. The third kappa shape index (κ3) is 6.82. The van der Waals surface area contributed by atoms with E-state index in [2.05, 4.69) is 5.32 Å². The molecule has 0 atom stereocenters. The minimum absolute atomic E-state index is 0.0189. The normalized spacial score (nSPS) is 10.4. The van der Waals surface area contributed by atoms with Gasteiger partial charge >= 0.3 is 0 Å². The lowest BCUT2D eigenvalue weighted by Gasteiger charge is -2.06. The van der Waals surface area contributed by atoms with Crippen molar-refractivity contribution in [1.82, 2.24) is 5.32 Å². The number of hydrogen-bond donors (Lipinski definition) is 3. The van der Waals surface area contributed by atoms with E-state index in [0.29, 0.717) is 19.4 Å². The van der Waals surface area contributed by atoms with Crippen molar-refractivity contribution in [2.45, 2.75) is 38.5 Å². The summed E-state index contributed by atoms with van der Waals surface area (Å²) in [5.41, 5.74) is 0.806. The molecule has 0 unspecified atom stereocenters. The first-order chi connectivity index (χ1) is 9.24. The Morgan fingerprint density at radius 1 is 1.11 bits per heavy atom. The fraction of sp³-hybridized carbons (Fsp3) is 0.533. The number of aliphatic hydroxyl groups is 1. The number of nitrogens with one attached hydrogen (secondary N) is 1. The van der Waals surface area contributed by atoms with E-state index in [1.165, 1.54) is 0 Å². The van der Waals surface area contributed by atoms with Crippen LogP contribution in [0.2, 0.25) is 0 Å². The van der Waals surface area contributed by atoms with E-state index in [1.807, 2.05) is 12.1 Å². The molecule has 1 aromatic rings. The third-order valence-corrected chi connectivity index (χ3v) is 3.02. The van der Waals surface area contributed by atoms with Gasteiger partial charge in [-0.15, -0.1) is 0 Å². The van der Waals surface area contributed by atoms with Gasteiger partial charge in [-0.25, -0.2) is 0 Å². The van der Waals surface area contributed by atoms with Gasteiger partial charge in [0.1, 0.15) is 5.75 Å². The van der Waals surface area contributed by atoms with Gasteiger partial charge in [-0.05, 0) is 30.9 Å². The van der Waals surface area contributed by atoms with Crippen LogP contribution in [-0.2, 0) is 11.2 Å². The minimum Gasteiger partial charge on any atom is -0.508 e. The standard InChI is InChI=1S/C15H23NO3/c17-12-6-2-1-5-11-16-15(19)10-9-13-7-3-4-8-14(13)18/h3-4,7-8,17-18H,1-2,5-6,9-12H2,(H,16,19). The van der Waals surface area contributed by atoms with Gasteiger partial charge in [0.2, 0.25) is 5.91 Å². The topological polar surface area (TPSA) is 69.6 Å². The first-order valence-electron chi connectivity index (χ1n) is 6.88. The molecule has 19 heavy (non-hydrogen) atoms. The molecule has 0 aromatic heterocycles. The van der Waals surface area contributed by atoms with Gasteiger partial charge in [0, 0.05) is 19.6 Å². The molecule has 4 heteroatoms. The fourth-order valence-electron chi connectivity index (χ4n) is 1.88. The number of aromatic hydroxyl groups is 1. The van der Waals surface area contributed by atoms with Crippen LogP contribution in [0.4, 0.5) is 0 Å². The molecule has 4 nitrogen and oxygen atoms in total. The van der Waals surface area contributed by atoms with Crippen LogP contribution in [0, 0.1) is 0 Å². The number of para-hydroxylation sites is 1. The number of benzene rings is 1. The molecule has 0 bridgehead atoms. The Morgan fingerprint density at radius 2 is 1.84 bits per heavy atom. The molecule has 1 aromatic carbocycles. The molecule has 3 N–H and O–H groups in total. The summed E-state index contributed by atoms with van der Waals surface area (Å²) in [5, 5.41) is 21.1. The number of carbonyl (C=O) groups excluding carboxylic acids is 1. The van der Waals surface area contributed by atoms with E-state index in [1.54, 1.807) is 12.1 Å². The summed E-state index contributed by atoms with van der Waals surface area (Å²) >= 11 is 0. The van der Waals surface area contributed by atoms with Gasteiger partial charge in [0.05, 0.1) is 0 Å². The lowest BCUT2D eigenvalue weighted by molar-refractivity contribution is -0.121. The van der Waals surface area contributed by atoms with Crippen molar-refractivity contribution >= 4 is 5.91 Å². The summed E-state index contributed by atoms with van der Waals surface area (Å²) in [6.07, 6.45) is 4.77. The van der Waals surface area contributed by atoms with Crippen LogP contribution < -0.4 is 5.32 Å². The van der Waals surface area contributed by atoms with Gasteiger partial charge in [-0.2, -0.15) is 0 Å². The second-order valence-corrected chi connectivity index (χ2v) is 4.62. The number of aliphatic hydroxyl groups excluding tert-OH is 1. The molecule has 0 aliphatic heterocycles. The van der Waals surface area contributed by atoms with Crippen molar-refractivity contribution in [2.24, 2.45) is 0 Å². The number of rotatable bonds is 9. The highest BCUT2D eigenvalue weighted by Crippen LogP contribution is 2.16. The highest BCUT2D eigenvalue weighted by Gasteiger charge is 2.04. The summed E-state index contributed by atoms with van der Waals surface area (Å²) in [6, 6.07) is 7.09. The van der Waals surface area contributed by atoms with Crippen LogP contribution in [0.3, 0.4) is 0 Å². The number of phenolic OH excluding ortho intramolecular Hbond substituents is 1. The van der Waals surface area contributed by atoms with Crippen molar-refractivity contribution in [1.29, 1.82) is 0 Å². The van der Waals surface area contributed by atoms with Crippen molar-refractivity contribution in [3.63, 3.8) is 0 Å². The average molecular weight is 265 g/mol. The zero-order valence-corrected chi connectivity index (χ0v) is 11.3. The van der Waals surface area contributed by atoms with Crippen molar-refractivity contribution in [3.05, 3.63) is 29.8 Å². The maximum atomic E-state index is 11.6. The zero-order valence-electron chi connectivity index (χ0n) is 11.3. The molecule has 0 spiro atoms. The predicted molar refractivity (Wildman–Crippen MR) is 75.0 cm³/mol. The van der Waals surface area contributed by atoms with Crippen molar-refractivity contribution in [3.8, 4) is 5.75 Å².